The lowest BCUT2D eigenvalue weighted by Gasteiger charge is -2.22. The van der Waals surface area contributed by atoms with Crippen molar-refractivity contribution in [2.24, 2.45) is 0 Å². The van der Waals surface area contributed by atoms with Gasteiger partial charge in [0.2, 0.25) is 0 Å². The van der Waals surface area contributed by atoms with Crippen LogP contribution in [0.25, 0.3) is 0 Å². The third kappa shape index (κ3) is 6.28. The van der Waals surface area contributed by atoms with E-state index >= 15 is 0 Å². The maximum atomic E-state index is 5.88. The number of rotatable bonds is 9. The molecule has 0 saturated heterocycles. The number of aryl methyl sites for hydroxylation is 1. The molecule has 2 aromatic carbocycles. The van der Waals surface area contributed by atoms with E-state index in [1.165, 1.54) is 43.2 Å². The molecule has 3 heteroatoms. The lowest BCUT2D eigenvalue weighted by atomic mass is 9.84. The first-order chi connectivity index (χ1) is 13.2. The number of benzene rings is 2. The van der Waals surface area contributed by atoms with Crippen LogP contribution in [-0.2, 0) is 4.74 Å². The van der Waals surface area contributed by atoms with Crippen molar-refractivity contribution in [3.63, 3.8) is 0 Å². The molecule has 0 radical (unpaired) electrons. The van der Waals surface area contributed by atoms with Crippen molar-refractivity contribution in [3.8, 4) is 11.5 Å². The van der Waals surface area contributed by atoms with Gasteiger partial charge in [-0.2, -0.15) is 0 Å². The molecule has 1 aliphatic carbocycles. The second-order valence-electron chi connectivity index (χ2n) is 7.39. The molecule has 1 aliphatic rings. The minimum Gasteiger partial charge on any atom is -0.491 e. The molecule has 3 rings (SSSR count). The Morgan fingerprint density at radius 1 is 0.852 bits per heavy atom. The van der Waals surface area contributed by atoms with Crippen molar-refractivity contribution in [1.82, 2.24) is 0 Å². The van der Waals surface area contributed by atoms with Gasteiger partial charge in [-0.05, 0) is 55.5 Å². The van der Waals surface area contributed by atoms with E-state index in [-0.39, 0.29) is 6.29 Å². The zero-order valence-corrected chi connectivity index (χ0v) is 16.7. The second kappa shape index (κ2) is 10.4. The summed E-state index contributed by atoms with van der Waals surface area (Å²) in [6.45, 7) is 5.16. The third-order valence-corrected chi connectivity index (χ3v) is 5.23. The molecule has 3 nitrogen and oxygen atoms in total. The molecule has 27 heavy (non-hydrogen) atoms. The van der Waals surface area contributed by atoms with Gasteiger partial charge in [0.15, 0.2) is 6.29 Å². The van der Waals surface area contributed by atoms with Crippen LogP contribution in [0.15, 0.2) is 48.5 Å². The molecule has 0 bridgehead atoms. The molecule has 1 fully saturated rings. The predicted molar refractivity (Wildman–Crippen MR) is 110 cm³/mol. The lowest BCUT2D eigenvalue weighted by Crippen LogP contribution is -2.22. The van der Waals surface area contributed by atoms with Crippen molar-refractivity contribution in [1.29, 1.82) is 0 Å². The molecule has 0 spiro atoms. The summed E-state index contributed by atoms with van der Waals surface area (Å²) in [5.74, 6) is 2.48. The van der Waals surface area contributed by atoms with Crippen LogP contribution in [0.5, 0.6) is 11.5 Å². The fraction of sp³-hybridized carbons (Fsp3) is 0.500. The van der Waals surface area contributed by atoms with E-state index in [1.807, 2.05) is 24.3 Å². The highest BCUT2D eigenvalue weighted by atomic mass is 16.7. The van der Waals surface area contributed by atoms with Crippen molar-refractivity contribution in [3.05, 3.63) is 59.7 Å². The summed E-state index contributed by atoms with van der Waals surface area (Å²) < 4.78 is 17.5. The maximum Gasteiger partial charge on any atom is 0.199 e. The van der Waals surface area contributed by atoms with Gasteiger partial charge in [-0.3, -0.25) is 0 Å². The van der Waals surface area contributed by atoms with Crippen molar-refractivity contribution < 1.29 is 14.2 Å². The molecular weight excluding hydrogens is 336 g/mol. The van der Waals surface area contributed by atoms with Crippen LogP contribution in [0.4, 0.5) is 0 Å². The van der Waals surface area contributed by atoms with Crippen LogP contribution < -0.4 is 9.47 Å². The third-order valence-electron chi connectivity index (χ3n) is 5.23. The van der Waals surface area contributed by atoms with Gasteiger partial charge in [0, 0.05) is 6.42 Å². The van der Waals surface area contributed by atoms with Gasteiger partial charge in [-0.15, -0.1) is 0 Å². The number of ether oxygens (including phenoxy) is 3. The fourth-order valence-electron chi connectivity index (χ4n) is 3.62. The Labute approximate surface area is 163 Å². The van der Waals surface area contributed by atoms with Crippen molar-refractivity contribution in [2.75, 3.05) is 13.2 Å². The van der Waals surface area contributed by atoms with Crippen molar-refractivity contribution in [2.45, 2.75) is 64.6 Å². The highest BCUT2D eigenvalue weighted by molar-refractivity contribution is 5.29. The van der Waals surface area contributed by atoms with Gasteiger partial charge in [0.1, 0.15) is 18.1 Å². The van der Waals surface area contributed by atoms with Gasteiger partial charge < -0.3 is 14.2 Å². The Balaban J connectivity index is 1.38. The average Bonchev–Trinajstić information content (AvgIpc) is 2.73. The summed E-state index contributed by atoms with van der Waals surface area (Å²) in [7, 11) is 0. The Hall–Kier alpha value is -2.00. The van der Waals surface area contributed by atoms with Crippen LogP contribution in [0, 0.1) is 6.92 Å². The summed E-state index contributed by atoms with van der Waals surface area (Å²) in [5.41, 5.74) is 2.68. The normalized spacial score (nSPS) is 16.1. The number of hydrogen-bond acceptors (Lipinski definition) is 3. The molecule has 0 heterocycles. The molecule has 2 aromatic rings. The highest BCUT2D eigenvalue weighted by Crippen LogP contribution is 2.33. The summed E-state index contributed by atoms with van der Waals surface area (Å²) in [5, 5.41) is 0. The largest absolute Gasteiger partial charge is 0.491 e. The van der Waals surface area contributed by atoms with Gasteiger partial charge in [-0.25, -0.2) is 0 Å². The summed E-state index contributed by atoms with van der Waals surface area (Å²) >= 11 is 0. The van der Waals surface area contributed by atoms with Crippen LogP contribution in [-0.4, -0.2) is 19.5 Å². The average molecular weight is 369 g/mol. The van der Waals surface area contributed by atoms with Crippen LogP contribution in [0.2, 0.25) is 0 Å². The smallest absolute Gasteiger partial charge is 0.199 e. The minimum atomic E-state index is -0.245. The Bertz CT molecular complexity index is 657. The molecular formula is C24H32O3. The Morgan fingerprint density at radius 2 is 1.52 bits per heavy atom. The zero-order chi connectivity index (χ0) is 18.9. The lowest BCUT2D eigenvalue weighted by molar-refractivity contribution is -0.0880. The van der Waals surface area contributed by atoms with Crippen LogP contribution in [0.1, 0.15) is 62.5 Å². The van der Waals surface area contributed by atoms with Gasteiger partial charge in [0.05, 0.1) is 6.61 Å². The summed E-state index contributed by atoms with van der Waals surface area (Å²) in [6, 6.07) is 16.7. The second-order valence-corrected chi connectivity index (χ2v) is 7.39. The molecule has 0 aliphatic heterocycles. The standard InChI is InChI=1S/C24H32O3/c1-3-24(27-23-13-9-19(2)10-14-23)26-18-17-25-22-15-11-21(12-16-22)20-7-5-4-6-8-20/h9-16,20,24H,3-8,17-18H2,1-2H3. The van der Waals surface area contributed by atoms with Gasteiger partial charge in [0.25, 0.3) is 0 Å². The Morgan fingerprint density at radius 3 is 2.19 bits per heavy atom. The van der Waals surface area contributed by atoms with E-state index < -0.39 is 0 Å². The molecule has 0 amide bonds. The van der Waals surface area contributed by atoms with Crippen LogP contribution in [0.3, 0.4) is 0 Å². The topological polar surface area (TPSA) is 27.7 Å². The predicted octanol–water partition coefficient (Wildman–Crippen LogP) is 6.25. The molecule has 1 saturated carbocycles. The van der Waals surface area contributed by atoms with E-state index in [0.717, 1.165) is 23.8 Å². The van der Waals surface area contributed by atoms with E-state index in [9.17, 15) is 0 Å². The first kappa shape index (κ1) is 19.8. The molecule has 146 valence electrons. The molecule has 1 atom stereocenters. The van der Waals surface area contributed by atoms with E-state index in [0.29, 0.717) is 13.2 Å². The number of hydrogen-bond donors (Lipinski definition) is 0. The molecule has 0 N–H and O–H groups in total. The quantitative estimate of drug-likeness (QED) is 0.386. The summed E-state index contributed by atoms with van der Waals surface area (Å²) in [6.07, 6.45) is 7.33. The van der Waals surface area contributed by atoms with Crippen LogP contribution >= 0.6 is 0 Å². The first-order valence-electron chi connectivity index (χ1n) is 10.3. The first-order valence-corrected chi connectivity index (χ1v) is 10.3. The SMILES string of the molecule is CCC(OCCOc1ccc(C2CCCCC2)cc1)Oc1ccc(C)cc1. The fourth-order valence-corrected chi connectivity index (χ4v) is 3.62. The van der Waals surface area contributed by atoms with E-state index in [2.05, 4.69) is 38.1 Å². The molecule has 0 aromatic heterocycles. The van der Waals surface area contributed by atoms with E-state index in [1.54, 1.807) is 0 Å². The van der Waals surface area contributed by atoms with Crippen molar-refractivity contribution >= 4 is 0 Å². The summed E-state index contributed by atoms with van der Waals surface area (Å²) in [4.78, 5) is 0. The Kier molecular flexibility index (Phi) is 7.58. The highest BCUT2D eigenvalue weighted by Gasteiger charge is 2.15. The van der Waals surface area contributed by atoms with Gasteiger partial charge in [-0.1, -0.05) is 56.0 Å². The zero-order valence-electron chi connectivity index (χ0n) is 16.7. The molecule has 1 unspecified atom stereocenters. The maximum absolute atomic E-state index is 5.88. The van der Waals surface area contributed by atoms with Gasteiger partial charge >= 0.3 is 0 Å². The minimum absolute atomic E-state index is 0.245. The monoisotopic (exact) mass is 368 g/mol. The van der Waals surface area contributed by atoms with E-state index in [4.69, 9.17) is 14.2 Å².